The summed E-state index contributed by atoms with van der Waals surface area (Å²) in [4.78, 5) is 11.0. The number of fused-ring (bicyclic) bond motifs is 1. The van der Waals surface area contributed by atoms with Gasteiger partial charge >= 0.3 is 5.97 Å². The van der Waals surface area contributed by atoms with Crippen molar-refractivity contribution >= 4 is 5.97 Å². The Morgan fingerprint density at radius 1 is 0.875 bits per heavy atom. The summed E-state index contributed by atoms with van der Waals surface area (Å²) in [7, 11) is 0. The van der Waals surface area contributed by atoms with Crippen molar-refractivity contribution in [2.24, 2.45) is 17.8 Å². The Morgan fingerprint density at radius 2 is 1.31 bits per heavy atom. The van der Waals surface area contributed by atoms with E-state index in [2.05, 4.69) is 24.3 Å². The molecule has 2 nitrogen and oxygen atoms in total. The summed E-state index contributed by atoms with van der Waals surface area (Å²) < 4.78 is 0. The van der Waals surface area contributed by atoms with Crippen molar-refractivity contribution in [3.63, 3.8) is 0 Å². The molecule has 0 amide bonds. The van der Waals surface area contributed by atoms with Crippen molar-refractivity contribution in [2.45, 2.75) is 38.5 Å². The van der Waals surface area contributed by atoms with Crippen LogP contribution in [0.1, 0.15) is 38.5 Å². The van der Waals surface area contributed by atoms with E-state index in [1.165, 1.54) is 0 Å². The SMILES string of the molecule is O=C(O)C1[C@H]2CC/C=C\CC/C=C/CC[C@H]12. The molecule has 1 fully saturated rings. The van der Waals surface area contributed by atoms with Crippen LogP contribution in [0.15, 0.2) is 24.3 Å². The zero-order valence-electron chi connectivity index (χ0n) is 9.64. The molecule has 16 heavy (non-hydrogen) atoms. The Labute approximate surface area is 97.0 Å². The number of hydrogen-bond donors (Lipinski definition) is 1. The fourth-order valence-electron chi connectivity index (χ4n) is 2.84. The number of rotatable bonds is 1. The third-order valence-electron chi connectivity index (χ3n) is 3.78. The van der Waals surface area contributed by atoms with Gasteiger partial charge in [-0.05, 0) is 50.4 Å². The largest absolute Gasteiger partial charge is 0.481 e. The molecule has 0 heterocycles. The molecule has 0 aliphatic heterocycles. The molecule has 2 aliphatic rings. The molecule has 0 radical (unpaired) electrons. The fraction of sp³-hybridized carbons (Fsp3) is 0.643. The van der Waals surface area contributed by atoms with Gasteiger partial charge in [0.25, 0.3) is 0 Å². The predicted octanol–water partition coefficient (Wildman–Crippen LogP) is 3.40. The summed E-state index contributed by atoms with van der Waals surface area (Å²) in [6, 6.07) is 0. The maximum Gasteiger partial charge on any atom is 0.307 e. The summed E-state index contributed by atoms with van der Waals surface area (Å²) in [5.41, 5.74) is 0. The van der Waals surface area contributed by atoms with Crippen molar-refractivity contribution in [1.29, 1.82) is 0 Å². The van der Waals surface area contributed by atoms with Crippen LogP contribution in [0.3, 0.4) is 0 Å². The van der Waals surface area contributed by atoms with Crippen LogP contribution in [0.25, 0.3) is 0 Å². The second-order valence-corrected chi connectivity index (χ2v) is 4.87. The van der Waals surface area contributed by atoms with Crippen molar-refractivity contribution < 1.29 is 9.90 Å². The predicted molar refractivity (Wildman–Crippen MR) is 64.1 cm³/mol. The first kappa shape index (κ1) is 11.4. The highest BCUT2D eigenvalue weighted by Crippen LogP contribution is 2.52. The van der Waals surface area contributed by atoms with Crippen LogP contribution in [-0.2, 0) is 4.79 Å². The van der Waals surface area contributed by atoms with Gasteiger partial charge in [-0.2, -0.15) is 0 Å². The van der Waals surface area contributed by atoms with Gasteiger partial charge in [-0.1, -0.05) is 24.3 Å². The Hall–Kier alpha value is -1.05. The molecule has 2 rings (SSSR count). The lowest BCUT2D eigenvalue weighted by Gasteiger charge is -1.97. The van der Waals surface area contributed by atoms with E-state index in [0.717, 1.165) is 38.5 Å². The van der Waals surface area contributed by atoms with E-state index in [4.69, 9.17) is 5.11 Å². The first-order valence-corrected chi connectivity index (χ1v) is 6.33. The lowest BCUT2D eigenvalue weighted by atomic mass is 10.1. The first-order chi connectivity index (χ1) is 7.80. The Kier molecular flexibility index (Phi) is 3.81. The molecule has 0 saturated heterocycles. The summed E-state index contributed by atoms with van der Waals surface area (Å²) in [6.45, 7) is 0. The third kappa shape index (κ3) is 2.75. The molecule has 1 unspecified atom stereocenters. The first-order valence-electron chi connectivity index (χ1n) is 6.33. The van der Waals surface area contributed by atoms with Crippen molar-refractivity contribution in [3.05, 3.63) is 24.3 Å². The van der Waals surface area contributed by atoms with Gasteiger partial charge in [0.2, 0.25) is 0 Å². The van der Waals surface area contributed by atoms with Gasteiger partial charge in [0.15, 0.2) is 0 Å². The molecule has 0 aromatic carbocycles. The standard InChI is InChI=1S/C14H20O2/c15-14(16)13-11-9-7-5-3-1-2-4-6-8-10-12(11)13/h3-6,11-13H,1-2,7-10H2,(H,15,16)/b5-3-,6-4+/t11-,12-,13?/m0/s1. The minimum Gasteiger partial charge on any atom is -0.481 e. The van der Waals surface area contributed by atoms with E-state index in [0.29, 0.717) is 11.8 Å². The monoisotopic (exact) mass is 220 g/mol. The molecular weight excluding hydrogens is 200 g/mol. The van der Waals surface area contributed by atoms with E-state index in [-0.39, 0.29) is 5.92 Å². The average Bonchev–Trinajstić information content (AvgIpc) is 2.91. The van der Waals surface area contributed by atoms with E-state index >= 15 is 0 Å². The summed E-state index contributed by atoms with van der Waals surface area (Å²) in [5.74, 6) is 0.241. The molecule has 0 aromatic heterocycles. The molecule has 1 N–H and O–H groups in total. The molecule has 3 atom stereocenters. The second-order valence-electron chi connectivity index (χ2n) is 4.87. The Bertz CT molecular complexity index is 280. The number of hydrogen-bond acceptors (Lipinski definition) is 1. The van der Waals surface area contributed by atoms with Crippen LogP contribution < -0.4 is 0 Å². The van der Waals surface area contributed by atoms with Gasteiger partial charge in [0.05, 0.1) is 5.92 Å². The number of aliphatic carboxylic acids is 1. The highest BCUT2D eigenvalue weighted by molar-refractivity contribution is 5.74. The molecule has 1 saturated carbocycles. The summed E-state index contributed by atoms with van der Waals surface area (Å²) in [5, 5.41) is 9.08. The van der Waals surface area contributed by atoms with Crippen molar-refractivity contribution in [1.82, 2.24) is 0 Å². The van der Waals surface area contributed by atoms with Gasteiger partial charge in [-0.15, -0.1) is 0 Å². The maximum atomic E-state index is 11.0. The quantitative estimate of drug-likeness (QED) is 0.688. The molecule has 0 spiro atoms. The summed E-state index contributed by atoms with van der Waals surface area (Å²) >= 11 is 0. The number of carbonyl (C=O) groups is 1. The molecule has 2 heteroatoms. The minimum absolute atomic E-state index is 0.0532. The zero-order chi connectivity index (χ0) is 11.4. The van der Waals surface area contributed by atoms with Crippen LogP contribution in [0, 0.1) is 17.8 Å². The number of carboxylic acids is 1. The lowest BCUT2D eigenvalue weighted by Crippen LogP contribution is -2.00. The van der Waals surface area contributed by atoms with Crippen molar-refractivity contribution in [2.75, 3.05) is 0 Å². The van der Waals surface area contributed by atoms with E-state index < -0.39 is 5.97 Å². The van der Waals surface area contributed by atoms with Gasteiger partial charge < -0.3 is 5.11 Å². The van der Waals surface area contributed by atoms with Crippen LogP contribution in [0.5, 0.6) is 0 Å². The molecule has 88 valence electrons. The third-order valence-corrected chi connectivity index (χ3v) is 3.78. The van der Waals surface area contributed by atoms with Crippen molar-refractivity contribution in [3.8, 4) is 0 Å². The normalized spacial score (nSPS) is 38.6. The summed E-state index contributed by atoms with van der Waals surface area (Å²) in [6.07, 6.45) is 15.3. The maximum absolute atomic E-state index is 11.0. The highest BCUT2D eigenvalue weighted by Gasteiger charge is 2.53. The second kappa shape index (κ2) is 5.33. The smallest absolute Gasteiger partial charge is 0.307 e. The Balaban J connectivity index is 1.92. The van der Waals surface area contributed by atoms with E-state index in [1.54, 1.807) is 0 Å². The Morgan fingerprint density at radius 3 is 1.75 bits per heavy atom. The van der Waals surface area contributed by atoms with Crippen LogP contribution >= 0.6 is 0 Å². The molecule has 2 aliphatic carbocycles. The molecule has 0 bridgehead atoms. The van der Waals surface area contributed by atoms with E-state index in [9.17, 15) is 4.79 Å². The van der Waals surface area contributed by atoms with Gasteiger partial charge in [-0.25, -0.2) is 0 Å². The van der Waals surface area contributed by atoms with E-state index in [1.807, 2.05) is 0 Å². The van der Waals surface area contributed by atoms with Crippen LogP contribution in [-0.4, -0.2) is 11.1 Å². The zero-order valence-corrected chi connectivity index (χ0v) is 9.64. The highest BCUT2D eigenvalue weighted by atomic mass is 16.4. The number of allylic oxidation sites excluding steroid dienone is 4. The van der Waals surface area contributed by atoms with Crippen LogP contribution in [0.2, 0.25) is 0 Å². The topological polar surface area (TPSA) is 37.3 Å². The van der Waals surface area contributed by atoms with Crippen LogP contribution in [0.4, 0.5) is 0 Å². The van der Waals surface area contributed by atoms with Gasteiger partial charge in [0, 0.05) is 0 Å². The van der Waals surface area contributed by atoms with Gasteiger partial charge in [0.1, 0.15) is 0 Å². The molecule has 0 aromatic rings. The lowest BCUT2D eigenvalue weighted by molar-refractivity contribution is -0.139. The minimum atomic E-state index is -0.585. The number of carboxylic acid groups (broad SMARTS) is 1. The fourth-order valence-corrected chi connectivity index (χ4v) is 2.84. The average molecular weight is 220 g/mol. The molecular formula is C14H20O2. The van der Waals surface area contributed by atoms with Gasteiger partial charge in [-0.3, -0.25) is 4.79 Å².